The molecule has 0 unspecified atom stereocenters. The van der Waals surface area contributed by atoms with Crippen molar-refractivity contribution in [1.82, 2.24) is 10.2 Å². The molecule has 0 fully saturated rings. The Bertz CT molecular complexity index is 318. The normalized spacial score (nSPS) is 9.55. The van der Waals surface area contributed by atoms with E-state index < -0.39 is 0 Å². The number of nitrogens with zero attached hydrogens (tertiary/aromatic N) is 1. The summed E-state index contributed by atoms with van der Waals surface area (Å²) in [5.74, 6) is 0. The van der Waals surface area contributed by atoms with Crippen LogP contribution in [0.4, 0.5) is 0 Å². The van der Waals surface area contributed by atoms with Gasteiger partial charge in [0.05, 0.1) is 4.51 Å². The van der Waals surface area contributed by atoms with Crippen LogP contribution in [0.5, 0.6) is 0 Å². The minimum absolute atomic E-state index is 0.681. The Morgan fingerprint density at radius 1 is 1.82 bits per heavy atom. The Kier molecular flexibility index (Phi) is 2.96. The molecule has 1 N–H and O–H groups in total. The molecule has 4 heteroatoms. The second-order valence-corrected chi connectivity index (χ2v) is 3.23. The van der Waals surface area contributed by atoms with E-state index in [0.29, 0.717) is 4.60 Å². The summed E-state index contributed by atoms with van der Waals surface area (Å²) in [7, 11) is 0. The molecule has 0 aliphatic heterocycles. The lowest BCUT2D eigenvalue weighted by Crippen LogP contribution is -1.91. The molecule has 2 nitrogen and oxygen atoms in total. The number of rotatable bonds is 2. The quantitative estimate of drug-likeness (QED) is 0.626. The molecular weight excluding hydrogens is 224 g/mol. The highest BCUT2D eigenvalue weighted by Gasteiger charge is 1.93. The van der Waals surface area contributed by atoms with E-state index in [1.165, 1.54) is 0 Å². The summed E-state index contributed by atoms with van der Waals surface area (Å²) in [6.07, 6.45) is 2.57. The van der Waals surface area contributed by atoms with Crippen LogP contribution in [0.1, 0.15) is 5.69 Å². The van der Waals surface area contributed by atoms with Crippen molar-refractivity contribution in [2.75, 3.05) is 0 Å². The molecule has 0 saturated carbocycles. The molecule has 0 atom stereocenters. The zero-order chi connectivity index (χ0) is 8.27. The first-order valence-corrected chi connectivity index (χ1v) is 4.29. The largest absolute Gasteiger partial charge is 0.281 e. The molecule has 0 saturated heterocycles. The highest BCUT2D eigenvalue weighted by molar-refractivity contribution is 9.10. The molecule has 1 rings (SSSR count). The van der Waals surface area contributed by atoms with Gasteiger partial charge in [-0.2, -0.15) is 5.10 Å². The number of aromatic amines is 1. The molecule has 0 radical (unpaired) electrons. The van der Waals surface area contributed by atoms with Gasteiger partial charge in [0, 0.05) is 12.1 Å². The van der Waals surface area contributed by atoms with Gasteiger partial charge in [0.1, 0.15) is 4.60 Å². The van der Waals surface area contributed by atoms with Crippen LogP contribution in [-0.2, 0) is 6.42 Å². The Labute approximate surface area is 78.5 Å². The zero-order valence-corrected chi connectivity index (χ0v) is 8.20. The smallest absolute Gasteiger partial charge is 0.144 e. The average Bonchev–Trinajstić information content (AvgIpc) is 1.98. The lowest BCUT2D eigenvalue weighted by atomic mass is 10.3. The van der Waals surface area contributed by atoms with E-state index in [-0.39, 0.29) is 0 Å². The first kappa shape index (κ1) is 8.62. The molecule has 0 amide bonds. The third-order valence-corrected chi connectivity index (χ3v) is 2.35. The molecule has 1 aromatic rings. The topological polar surface area (TPSA) is 28.7 Å². The number of H-pyrrole nitrogens is 1. The maximum Gasteiger partial charge on any atom is 0.144 e. The first-order valence-electron chi connectivity index (χ1n) is 3.09. The summed E-state index contributed by atoms with van der Waals surface area (Å²) >= 11 is 8.20. The van der Waals surface area contributed by atoms with Crippen molar-refractivity contribution < 1.29 is 0 Å². The van der Waals surface area contributed by atoms with Gasteiger partial charge in [0.2, 0.25) is 0 Å². The third kappa shape index (κ3) is 2.24. The van der Waals surface area contributed by atoms with Crippen LogP contribution in [0.2, 0.25) is 0 Å². The number of nitrogens with one attached hydrogen (secondary N) is 1. The lowest BCUT2D eigenvalue weighted by Gasteiger charge is -1.95. The summed E-state index contributed by atoms with van der Waals surface area (Å²) in [5.41, 5.74) is 0.980. The first-order chi connectivity index (χ1) is 5.24. The van der Waals surface area contributed by atoms with E-state index in [4.69, 9.17) is 12.2 Å². The fraction of sp³-hybridized carbons (Fsp3) is 0.143. The molecule has 0 aliphatic rings. The highest BCUT2D eigenvalue weighted by atomic mass is 79.9. The molecule has 0 bridgehead atoms. The summed E-state index contributed by atoms with van der Waals surface area (Å²) in [4.78, 5) is 0. The molecule has 1 aromatic heterocycles. The monoisotopic (exact) mass is 230 g/mol. The SMILES string of the molecule is C=CCc1cc(=S)c(Br)n[nH]1. The van der Waals surface area contributed by atoms with E-state index in [9.17, 15) is 0 Å². The van der Waals surface area contributed by atoms with Crippen LogP contribution in [-0.4, -0.2) is 10.2 Å². The molecule has 1 heterocycles. The summed E-state index contributed by atoms with van der Waals surface area (Å²) in [6, 6.07) is 1.87. The van der Waals surface area contributed by atoms with Crippen LogP contribution in [0.15, 0.2) is 23.3 Å². The van der Waals surface area contributed by atoms with Crippen LogP contribution < -0.4 is 0 Å². The standard InChI is InChI=1S/C7H7BrN2S/c1-2-3-5-4-6(11)7(8)10-9-5/h2,4H,1,3H2,(H,9,11). The number of hydrogen-bond donors (Lipinski definition) is 1. The fourth-order valence-corrected chi connectivity index (χ4v) is 1.08. The van der Waals surface area contributed by atoms with Crippen molar-refractivity contribution in [3.8, 4) is 0 Å². The molecule has 0 aliphatic carbocycles. The predicted molar refractivity (Wildman–Crippen MR) is 51.0 cm³/mol. The van der Waals surface area contributed by atoms with Crippen LogP contribution in [0, 0.1) is 4.51 Å². The predicted octanol–water partition coefficient (Wildman–Crippen LogP) is 2.63. The summed E-state index contributed by atoms with van der Waals surface area (Å²) in [6.45, 7) is 3.61. The van der Waals surface area contributed by atoms with Gasteiger partial charge in [-0.1, -0.05) is 18.3 Å². The Balaban J connectivity index is 3.05. The maximum absolute atomic E-state index is 4.99. The van der Waals surface area contributed by atoms with Gasteiger partial charge in [0.15, 0.2) is 0 Å². The Morgan fingerprint density at radius 3 is 3.09 bits per heavy atom. The maximum atomic E-state index is 4.99. The number of aromatic nitrogens is 2. The minimum atomic E-state index is 0.681. The van der Waals surface area contributed by atoms with Gasteiger partial charge >= 0.3 is 0 Å². The lowest BCUT2D eigenvalue weighted by molar-refractivity contribution is 0.927. The summed E-state index contributed by atoms with van der Waals surface area (Å²) in [5, 5.41) is 6.78. The molecule has 58 valence electrons. The van der Waals surface area contributed by atoms with Crippen molar-refractivity contribution in [3.63, 3.8) is 0 Å². The van der Waals surface area contributed by atoms with Crippen molar-refractivity contribution in [2.24, 2.45) is 0 Å². The van der Waals surface area contributed by atoms with Crippen molar-refractivity contribution in [2.45, 2.75) is 6.42 Å². The van der Waals surface area contributed by atoms with Gasteiger partial charge in [-0.15, -0.1) is 6.58 Å². The Morgan fingerprint density at radius 2 is 2.55 bits per heavy atom. The van der Waals surface area contributed by atoms with Crippen LogP contribution in [0.3, 0.4) is 0 Å². The number of halogens is 1. The van der Waals surface area contributed by atoms with Crippen LogP contribution >= 0.6 is 28.1 Å². The second kappa shape index (κ2) is 3.78. The number of allylic oxidation sites excluding steroid dienone is 1. The van der Waals surface area contributed by atoms with E-state index in [0.717, 1.165) is 16.6 Å². The van der Waals surface area contributed by atoms with E-state index in [2.05, 4.69) is 32.7 Å². The van der Waals surface area contributed by atoms with Gasteiger partial charge in [-0.3, -0.25) is 5.10 Å². The third-order valence-electron chi connectivity index (χ3n) is 1.17. The zero-order valence-electron chi connectivity index (χ0n) is 5.80. The molecule has 0 aromatic carbocycles. The van der Waals surface area contributed by atoms with Gasteiger partial charge in [-0.25, -0.2) is 0 Å². The summed E-state index contributed by atoms with van der Waals surface area (Å²) < 4.78 is 1.40. The van der Waals surface area contributed by atoms with Gasteiger partial charge < -0.3 is 0 Å². The molecule has 0 spiro atoms. The second-order valence-electron chi connectivity index (χ2n) is 2.04. The van der Waals surface area contributed by atoms with E-state index >= 15 is 0 Å². The van der Waals surface area contributed by atoms with Crippen LogP contribution in [0.25, 0.3) is 0 Å². The average molecular weight is 231 g/mol. The van der Waals surface area contributed by atoms with E-state index in [1.807, 2.05) is 6.07 Å². The van der Waals surface area contributed by atoms with Gasteiger partial charge in [-0.05, 0) is 22.0 Å². The molecular formula is C7H7BrN2S. The fourth-order valence-electron chi connectivity index (χ4n) is 0.686. The van der Waals surface area contributed by atoms with Crippen molar-refractivity contribution >= 4 is 28.1 Å². The minimum Gasteiger partial charge on any atom is -0.281 e. The van der Waals surface area contributed by atoms with Crippen molar-refractivity contribution in [3.05, 3.63) is 33.5 Å². The van der Waals surface area contributed by atoms with Gasteiger partial charge in [0.25, 0.3) is 0 Å². The van der Waals surface area contributed by atoms with Crippen molar-refractivity contribution in [1.29, 1.82) is 0 Å². The Hall–Kier alpha value is -0.480. The highest BCUT2D eigenvalue weighted by Crippen LogP contribution is 2.07. The molecule has 11 heavy (non-hydrogen) atoms. The number of hydrogen-bond acceptors (Lipinski definition) is 2. The van der Waals surface area contributed by atoms with E-state index in [1.54, 1.807) is 6.08 Å².